The number of ether oxygens (including phenoxy) is 2. The van der Waals surface area contributed by atoms with Gasteiger partial charge in [-0.3, -0.25) is 0 Å². The van der Waals surface area contributed by atoms with Crippen LogP contribution < -0.4 is 0 Å². The molecule has 0 aliphatic carbocycles. The summed E-state index contributed by atoms with van der Waals surface area (Å²) in [6.07, 6.45) is -2.38. The molecule has 0 unspecified atom stereocenters. The van der Waals surface area contributed by atoms with Gasteiger partial charge in [-0.1, -0.05) is 0 Å². The Hall–Kier alpha value is 0.359. The Morgan fingerprint density at radius 1 is 1.31 bits per heavy atom. The maximum absolute atomic E-state index is 9.66. The summed E-state index contributed by atoms with van der Waals surface area (Å²) in [6, 6.07) is 0. The van der Waals surface area contributed by atoms with Gasteiger partial charge in [-0.25, -0.2) is 0 Å². The van der Waals surface area contributed by atoms with E-state index in [4.69, 9.17) is 9.47 Å². The van der Waals surface area contributed by atoms with E-state index in [-0.39, 0.29) is 26.1 Å². The first kappa shape index (κ1) is 11.4. The number of hydrogen-bond donors (Lipinski definition) is 2. The van der Waals surface area contributed by atoms with Crippen molar-refractivity contribution in [2.24, 2.45) is 0 Å². The van der Waals surface area contributed by atoms with Crippen molar-refractivity contribution >= 4 is 15.0 Å². The molecule has 78 valence electrons. The molecule has 0 aromatic heterocycles. The molecule has 1 heterocycles. The summed E-state index contributed by atoms with van der Waals surface area (Å²) in [5, 5.41) is 19.1. The fraction of sp³-hybridized carbons (Fsp3) is 1.00. The third-order valence-electron chi connectivity index (χ3n) is 2.29. The fourth-order valence-electron chi connectivity index (χ4n) is 1.44. The Bertz CT molecular complexity index is 164. The van der Waals surface area contributed by atoms with Crippen molar-refractivity contribution < 1.29 is 19.7 Å². The van der Waals surface area contributed by atoms with Crippen LogP contribution in [0.15, 0.2) is 0 Å². The number of aliphatic hydroxyl groups is 2. The van der Waals surface area contributed by atoms with Crippen LogP contribution in [-0.2, 0) is 9.47 Å². The molecule has 5 atom stereocenters. The van der Waals surface area contributed by atoms with Crippen molar-refractivity contribution in [1.29, 1.82) is 0 Å². The molecule has 0 radical (unpaired) electrons. The van der Waals surface area contributed by atoms with Crippen LogP contribution in [0.25, 0.3) is 0 Å². The monoisotopic (exact) mass is 256 g/mol. The van der Waals surface area contributed by atoms with Gasteiger partial charge in [0.15, 0.2) is 0 Å². The summed E-state index contributed by atoms with van der Waals surface area (Å²) >= 11 is 0.246. The van der Waals surface area contributed by atoms with Gasteiger partial charge in [0.05, 0.1) is 0 Å². The van der Waals surface area contributed by atoms with E-state index in [0.29, 0.717) is 0 Å². The summed E-state index contributed by atoms with van der Waals surface area (Å²) in [6.45, 7) is 1.76. The second-order valence-corrected chi connectivity index (χ2v) is 5.09. The topological polar surface area (TPSA) is 58.9 Å². The second-order valence-electron chi connectivity index (χ2n) is 3.13. The number of rotatable bonds is 2. The standard InChI is InChI=1S/C8H16O4Se/c1-4-5(9)6(10)7(11-2)8(12-4)13-3/h4-10H,1-3H3/t4-,5+,6+,7-,8+/m0/s1. The van der Waals surface area contributed by atoms with Crippen LogP contribution in [0.2, 0.25) is 5.82 Å². The molecule has 0 saturated carbocycles. The predicted molar refractivity (Wildman–Crippen MR) is 48.8 cm³/mol. The van der Waals surface area contributed by atoms with Crippen LogP contribution in [0, 0.1) is 0 Å². The first-order chi connectivity index (χ1) is 6.11. The number of aliphatic hydroxyl groups excluding tert-OH is 2. The zero-order valence-corrected chi connectivity index (χ0v) is 9.72. The van der Waals surface area contributed by atoms with Crippen molar-refractivity contribution in [2.75, 3.05) is 7.11 Å². The summed E-state index contributed by atoms with van der Waals surface area (Å²) in [4.78, 5) is 0. The molecule has 0 aromatic carbocycles. The minimum absolute atomic E-state index is 0.0640. The van der Waals surface area contributed by atoms with Crippen LogP contribution in [0.1, 0.15) is 6.92 Å². The van der Waals surface area contributed by atoms with Crippen molar-refractivity contribution in [2.45, 2.75) is 42.2 Å². The number of hydrogen-bond acceptors (Lipinski definition) is 4. The van der Waals surface area contributed by atoms with Gasteiger partial charge in [0.25, 0.3) is 0 Å². The molecular formula is C8H16O4Se. The van der Waals surface area contributed by atoms with Crippen molar-refractivity contribution in [3.05, 3.63) is 0 Å². The van der Waals surface area contributed by atoms with Gasteiger partial charge in [-0.05, 0) is 0 Å². The average molecular weight is 255 g/mol. The number of methoxy groups -OCH3 is 1. The summed E-state index contributed by atoms with van der Waals surface area (Å²) in [5.41, 5.74) is 0. The molecule has 0 bridgehead atoms. The van der Waals surface area contributed by atoms with Gasteiger partial charge in [0.2, 0.25) is 0 Å². The zero-order valence-electron chi connectivity index (χ0n) is 8.01. The average Bonchev–Trinajstić information content (AvgIpc) is 2.13. The van der Waals surface area contributed by atoms with Gasteiger partial charge < -0.3 is 0 Å². The molecule has 4 nitrogen and oxygen atoms in total. The molecule has 0 aromatic rings. The molecule has 1 saturated heterocycles. The van der Waals surface area contributed by atoms with Crippen LogP contribution in [0.5, 0.6) is 0 Å². The van der Waals surface area contributed by atoms with Crippen molar-refractivity contribution in [3.63, 3.8) is 0 Å². The predicted octanol–water partition coefficient (Wildman–Crippen LogP) is -0.780. The summed E-state index contributed by atoms with van der Waals surface area (Å²) in [7, 11) is 1.53. The van der Waals surface area contributed by atoms with Crippen molar-refractivity contribution in [3.8, 4) is 0 Å². The summed E-state index contributed by atoms with van der Waals surface area (Å²) in [5.74, 6) is 2.03. The third kappa shape index (κ3) is 2.24. The maximum atomic E-state index is 9.66. The summed E-state index contributed by atoms with van der Waals surface area (Å²) < 4.78 is 10.6. The van der Waals surface area contributed by atoms with Crippen molar-refractivity contribution in [1.82, 2.24) is 0 Å². The first-order valence-corrected chi connectivity index (χ1v) is 6.89. The Labute approximate surface area is 84.4 Å². The van der Waals surface area contributed by atoms with E-state index in [1.807, 2.05) is 5.82 Å². The molecular weight excluding hydrogens is 239 g/mol. The van der Waals surface area contributed by atoms with Gasteiger partial charge in [-0.15, -0.1) is 0 Å². The van der Waals surface area contributed by atoms with Gasteiger partial charge >= 0.3 is 83.9 Å². The van der Waals surface area contributed by atoms with Crippen LogP contribution >= 0.6 is 0 Å². The second kappa shape index (κ2) is 4.73. The van der Waals surface area contributed by atoms with Gasteiger partial charge in [0.1, 0.15) is 0 Å². The molecule has 13 heavy (non-hydrogen) atoms. The van der Waals surface area contributed by atoms with E-state index in [9.17, 15) is 10.2 Å². The quantitative estimate of drug-likeness (QED) is 0.636. The van der Waals surface area contributed by atoms with Crippen LogP contribution in [0.3, 0.4) is 0 Å². The van der Waals surface area contributed by atoms with E-state index in [0.717, 1.165) is 0 Å². The van der Waals surface area contributed by atoms with E-state index in [2.05, 4.69) is 0 Å². The third-order valence-corrected chi connectivity index (χ3v) is 4.06. The molecule has 0 spiro atoms. The van der Waals surface area contributed by atoms with E-state index < -0.39 is 18.3 Å². The molecule has 1 fully saturated rings. The van der Waals surface area contributed by atoms with Gasteiger partial charge in [0, 0.05) is 0 Å². The van der Waals surface area contributed by atoms with Crippen LogP contribution in [0.4, 0.5) is 0 Å². The SMILES string of the molecule is CO[C@H]1[C@H](O)[C@H](O)[C@H](C)O[C@@H]1[Se]C. The van der Waals surface area contributed by atoms with E-state index in [1.165, 1.54) is 7.11 Å². The van der Waals surface area contributed by atoms with Gasteiger partial charge in [-0.2, -0.15) is 0 Å². The molecule has 2 N–H and O–H groups in total. The fourth-order valence-corrected chi connectivity index (χ4v) is 3.18. The molecule has 1 aliphatic heterocycles. The van der Waals surface area contributed by atoms with Crippen LogP contribution in [-0.4, -0.2) is 61.7 Å². The molecule has 1 rings (SSSR count). The Morgan fingerprint density at radius 3 is 2.38 bits per heavy atom. The Kier molecular flexibility index (Phi) is 4.16. The molecule has 1 aliphatic rings. The Balaban J connectivity index is 2.69. The molecule has 0 amide bonds. The van der Waals surface area contributed by atoms with E-state index >= 15 is 0 Å². The van der Waals surface area contributed by atoms with E-state index in [1.54, 1.807) is 6.92 Å². The normalized spacial score (nSPS) is 46.4. The zero-order chi connectivity index (χ0) is 10.0. The molecule has 5 heteroatoms. The first-order valence-electron chi connectivity index (χ1n) is 4.19. The Morgan fingerprint density at radius 2 is 1.92 bits per heavy atom. The minimum atomic E-state index is -0.844.